The SMILES string of the molecule is COCc1nc(CN(C)C(=O)N[C@H](C(=O)N[C@@H](Cc2ccccc2)[C@H](O)CN(CC2CCC2)S(=O)(=O)c2ccc(/C=N/O)cc2)C(C)C)cs1. The summed E-state index contributed by atoms with van der Waals surface area (Å²) in [6, 6.07) is 13.0. The summed E-state index contributed by atoms with van der Waals surface area (Å²) in [7, 11) is -0.830. The zero-order chi connectivity index (χ0) is 36.3. The van der Waals surface area contributed by atoms with Crippen LogP contribution in [0.1, 0.15) is 54.9 Å². The van der Waals surface area contributed by atoms with Crippen LogP contribution >= 0.6 is 11.3 Å². The Bertz CT molecular complexity index is 1660. The summed E-state index contributed by atoms with van der Waals surface area (Å²) in [6.07, 6.45) is 2.93. The number of nitrogens with zero attached hydrogens (tertiary/aromatic N) is 4. The molecule has 0 unspecified atom stereocenters. The first-order valence-corrected chi connectivity index (χ1v) is 19.0. The highest BCUT2D eigenvalue weighted by Crippen LogP contribution is 2.30. The predicted octanol–water partition coefficient (Wildman–Crippen LogP) is 3.84. The van der Waals surface area contributed by atoms with Gasteiger partial charge in [0.25, 0.3) is 0 Å². The van der Waals surface area contributed by atoms with Crippen molar-refractivity contribution in [3.63, 3.8) is 0 Å². The second kappa shape index (κ2) is 18.4. The lowest BCUT2D eigenvalue weighted by Crippen LogP contribution is -2.58. The minimum absolute atomic E-state index is 0.0436. The maximum Gasteiger partial charge on any atom is 0.318 e. The second-order valence-corrected chi connectivity index (χ2v) is 15.9. The molecule has 0 radical (unpaired) electrons. The molecule has 1 heterocycles. The van der Waals surface area contributed by atoms with Crippen LogP contribution in [0.4, 0.5) is 4.79 Å². The number of sulfonamides is 1. The third-order valence-electron chi connectivity index (χ3n) is 8.73. The van der Waals surface area contributed by atoms with Crippen molar-refractivity contribution < 1.29 is 33.1 Å². The van der Waals surface area contributed by atoms with Gasteiger partial charge in [-0.2, -0.15) is 4.31 Å². The van der Waals surface area contributed by atoms with Gasteiger partial charge in [0.2, 0.25) is 15.9 Å². The third kappa shape index (κ3) is 10.8. The molecule has 1 aliphatic rings. The number of ether oxygens (including phenoxy) is 1. The molecule has 0 aliphatic heterocycles. The van der Waals surface area contributed by atoms with Crippen molar-refractivity contribution in [1.29, 1.82) is 0 Å². The fourth-order valence-electron chi connectivity index (χ4n) is 5.64. The van der Waals surface area contributed by atoms with Crippen molar-refractivity contribution in [3.8, 4) is 0 Å². The Kier molecular flexibility index (Phi) is 14.3. The summed E-state index contributed by atoms with van der Waals surface area (Å²) in [4.78, 5) is 33.1. The molecule has 2 aromatic carbocycles. The van der Waals surface area contributed by atoms with E-state index in [1.165, 1.54) is 51.0 Å². The molecule has 15 heteroatoms. The Hall–Kier alpha value is -3.89. The number of aromatic nitrogens is 1. The van der Waals surface area contributed by atoms with Crippen molar-refractivity contribution in [2.45, 2.75) is 75.8 Å². The van der Waals surface area contributed by atoms with Gasteiger partial charge >= 0.3 is 6.03 Å². The largest absolute Gasteiger partial charge is 0.411 e. The van der Waals surface area contributed by atoms with E-state index in [9.17, 15) is 23.1 Å². The van der Waals surface area contributed by atoms with Gasteiger partial charge in [-0.15, -0.1) is 11.3 Å². The number of hydrogen-bond acceptors (Lipinski definition) is 10. The first kappa shape index (κ1) is 38.9. The highest BCUT2D eigenvalue weighted by molar-refractivity contribution is 7.89. The maximum atomic E-state index is 13.9. The van der Waals surface area contributed by atoms with E-state index in [2.05, 4.69) is 20.8 Å². The molecule has 50 heavy (non-hydrogen) atoms. The van der Waals surface area contributed by atoms with E-state index in [-0.39, 0.29) is 42.8 Å². The average Bonchev–Trinajstić information content (AvgIpc) is 3.51. The first-order chi connectivity index (χ1) is 23.9. The molecule has 0 spiro atoms. The number of aliphatic hydroxyl groups excluding tert-OH is 1. The summed E-state index contributed by atoms with van der Waals surface area (Å²) in [5, 5.41) is 32.0. The number of thiazole rings is 1. The molecule has 1 aromatic heterocycles. The molecule has 1 fully saturated rings. The van der Waals surface area contributed by atoms with E-state index >= 15 is 0 Å². The topological polar surface area (TPSA) is 174 Å². The van der Waals surface area contributed by atoms with Gasteiger partial charge in [0.1, 0.15) is 11.0 Å². The van der Waals surface area contributed by atoms with Crippen molar-refractivity contribution >= 4 is 39.5 Å². The minimum Gasteiger partial charge on any atom is -0.411 e. The summed E-state index contributed by atoms with van der Waals surface area (Å²) in [5.41, 5.74) is 2.07. The number of nitrogens with one attached hydrogen (secondary N) is 2. The molecule has 4 rings (SSSR count). The van der Waals surface area contributed by atoms with E-state index in [0.717, 1.165) is 29.8 Å². The number of hydrogen-bond donors (Lipinski definition) is 4. The van der Waals surface area contributed by atoms with Gasteiger partial charge < -0.3 is 30.6 Å². The minimum atomic E-state index is -4.04. The van der Waals surface area contributed by atoms with Gasteiger partial charge in [0.15, 0.2) is 0 Å². The molecule has 3 atom stereocenters. The van der Waals surface area contributed by atoms with Gasteiger partial charge in [-0.1, -0.05) is 67.9 Å². The number of benzene rings is 2. The highest BCUT2D eigenvalue weighted by Gasteiger charge is 2.35. The van der Waals surface area contributed by atoms with Crippen LogP contribution in [0, 0.1) is 11.8 Å². The zero-order valence-corrected chi connectivity index (χ0v) is 30.6. The number of methoxy groups -OCH3 is 1. The van der Waals surface area contributed by atoms with Crippen LogP contribution in [-0.4, -0.2) is 96.5 Å². The lowest BCUT2D eigenvalue weighted by atomic mass is 9.85. The monoisotopic (exact) mass is 728 g/mol. The summed E-state index contributed by atoms with van der Waals surface area (Å²) in [5.74, 6) is -0.635. The number of amides is 3. The summed E-state index contributed by atoms with van der Waals surface area (Å²) in [6.45, 7) is 4.22. The number of rotatable bonds is 18. The van der Waals surface area contributed by atoms with E-state index in [0.29, 0.717) is 17.9 Å². The molecular formula is C35H48N6O7S2. The Labute approximate surface area is 298 Å². The number of urea groups is 1. The maximum absolute atomic E-state index is 13.9. The van der Waals surface area contributed by atoms with Crippen LogP contribution < -0.4 is 10.6 Å². The third-order valence-corrected chi connectivity index (χ3v) is 11.5. The molecule has 3 aromatic rings. The second-order valence-electron chi connectivity index (χ2n) is 13.0. The quantitative estimate of drug-likeness (QED) is 0.0869. The fraction of sp³-hybridized carbons (Fsp3) is 0.486. The van der Waals surface area contributed by atoms with Crippen LogP contribution in [0.3, 0.4) is 0 Å². The van der Waals surface area contributed by atoms with E-state index in [1.54, 1.807) is 14.2 Å². The normalized spacial score (nSPS) is 15.5. The lowest BCUT2D eigenvalue weighted by Gasteiger charge is -2.35. The van der Waals surface area contributed by atoms with Crippen molar-refractivity contribution in [2.24, 2.45) is 17.0 Å². The van der Waals surface area contributed by atoms with Crippen LogP contribution in [-0.2, 0) is 39.1 Å². The molecule has 272 valence electrons. The molecule has 0 bridgehead atoms. The smallest absolute Gasteiger partial charge is 0.318 e. The molecule has 13 nitrogen and oxygen atoms in total. The number of aliphatic hydroxyl groups is 1. The van der Waals surface area contributed by atoms with Gasteiger partial charge in [0, 0.05) is 32.6 Å². The average molecular weight is 729 g/mol. The Balaban J connectivity index is 1.52. The molecule has 1 aliphatic carbocycles. The van der Waals surface area contributed by atoms with Crippen LogP contribution in [0.5, 0.6) is 0 Å². The highest BCUT2D eigenvalue weighted by atomic mass is 32.2. The van der Waals surface area contributed by atoms with Gasteiger partial charge in [0.05, 0.1) is 42.1 Å². The fourth-order valence-corrected chi connectivity index (χ4v) is 7.93. The molecule has 1 saturated carbocycles. The molecule has 0 saturated heterocycles. The Morgan fingerprint density at radius 2 is 1.82 bits per heavy atom. The van der Waals surface area contributed by atoms with Crippen LogP contribution in [0.15, 0.2) is 70.0 Å². The molecule has 4 N–H and O–H groups in total. The Morgan fingerprint density at radius 1 is 1.12 bits per heavy atom. The number of oxime groups is 1. The van der Waals surface area contributed by atoms with E-state index < -0.39 is 40.1 Å². The van der Waals surface area contributed by atoms with Crippen LogP contribution in [0.2, 0.25) is 0 Å². The van der Waals surface area contributed by atoms with Crippen molar-refractivity contribution in [3.05, 3.63) is 81.8 Å². The molecular weight excluding hydrogens is 681 g/mol. The van der Waals surface area contributed by atoms with Crippen molar-refractivity contribution in [1.82, 2.24) is 24.8 Å². The number of carbonyl (C=O) groups is 2. The first-order valence-electron chi connectivity index (χ1n) is 16.6. The van der Waals surface area contributed by atoms with Crippen LogP contribution in [0.25, 0.3) is 0 Å². The van der Waals surface area contributed by atoms with E-state index in [4.69, 9.17) is 9.94 Å². The lowest BCUT2D eigenvalue weighted by molar-refractivity contribution is -0.125. The zero-order valence-electron chi connectivity index (χ0n) is 28.9. The van der Waals surface area contributed by atoms with Gasteiger partial charge in [-0.05, 0) is 54.4 Å². The van der Waals surface area contributed by atoms with Crippen molar-refractivity contribution in [2.75, 3.05) is 27.2 Å². The predicted molar refractivity (Wildman–Crippen MR) is 191 cm³/mol. The molecule has 3 amide bonds. The summed E-state index contributed by atoms with van der Waals surface area (Å²) >= 11 is 1.44. The van der Waals surface area contributed by atoms with Gasteiger partial charge in [-0.25, -0.2) is 18.2 Å². The van der Waals surface area contributed by atoms with E-state index in [1.807, 2.05) is 49.6 Å². The standard InChI is InChI=1S/C35H48N6O7S2/c1-24(2)33(39-35(44)40(3)20-28-23-49-32(37-28)22-48-4)34(43)38-30(17-25-9-6-5-7-10-25)31(42)21-41(19-27-11-8-12-27)50(46,47)29-15-13-26(14-16-29)18-36-45/h5-7,9-10,13-16,18,23-24,27,30-31,33,42,45H,8,11-12,17,19-22H2,1-4H3,(H,38,43)(H,39,44)/b36-18+/t30-,31+,33-/m0/s1. The summed E-state index contributed by atoms with van der Waals surface area (Å²) < 4.78 is 34.3. The number of carbonyl (C=O) groups excluding carboxylic acids is 2. The van der Waals surface area contributed by atoms with Gasteiger partial charge in [-0.3, -0.25) is 4.79 Å². The Morgan fingerprint density at radius 3 is 2.42 bits per heavy atom.